The van der Waals surface area contributed by atoms with Crippen molar-refractivity contribution in [1.82, 2.24) is 10.2 Å². The van der Waals surface area contributed by atoms with E-state index in [4.69, 9.17) is 16.3 Å². The third-order valence-electron chi connectivity index (χ3n) is 5.15. The molecule has 1 atom stereocenters. The van der Waals surface area contributed by atoms with Crippen molar-refractivity contribution >= 4 is 17.5 Å². The Morgan fingerprint density at radius 2 is 1.92 bits per heavy atom. The molecule has 5 heteroatoms. The Bertz CT molecular complexity index is 802. The maximum Gasteiger partial charge on any atom is 0.261 e. The van der Waals surface area contributed by atoms with Crippen LogP contribution in [0.5, 0.6) is 5.75 Å². The van der Waals surface area contributed by atoms with Crippen LogP contribution in [0.1, 0.15) is 29.5 Å². The molecule has 2 heterocycles. The first-order chi connectivity index (χ1) is 12.7. The third-order valence-corrected chi connectivity index (χ3v) is 5.39. The number of benzene rings is 2. The van der Waals surface area contributed by atoms with Crippen molar-refractivity contribution in [1.29, 1.82) is 0 Å². The largest absolute Gasteiger partial charge is 0.480 e. The molecule has 0 spiro atoms. The standard InChI is InChI=1S/C21H23ClN2O2/c22-18-7-8-19-17(11-18)12-20(26-19)21(25)23-13-15-5-1-2-6-16(15)14-24-9-3-4-10-24/h1-2,5-8,11,20H,3-4,9-10,12-14H2,(H,23,25)/t20-/m1/s1. The number of halogens is 1. The maximum atomic E-state index is 12.5. The van der Waals surface area contributed by atoms with E-state index in [1.807, 2.05) is 18.2 Å². The summed E-state index contributed by atoms with van der Waals surface area (Å²) in [5, 5.41) is 3.71. The number of carbonyl (C=O) groups excluding carboxylic acids is 1. The van der Waals surface area contributed by atoms with E-state index >= 15 is 0 Å². The van der Waals surface area contributed by atoms with Crippen LogP contribution in [0, 0.1) is 0 Å². The lowest BCUT2D eigenvalue weighted by atomic mass is 10.1. The van der Waals surface area contributed by atoms with Crippen LogP contribution in [0.4, 0.5) is 0 Å². The van der Waals surface area contributed by atoms with Crippen molar-refractivity contribution < 1.29 is 9.53 Å². The molecular formula is C21H23ClN2O2. The van der Waals surface area contributed by atoms with Crippen LogP contribution in [0.25, 0.3) is 0 Å². The molecular weight excluding hydrogens is 348 g/mol. The van der Waals surface area contributed by atoms with Crippen LogP contribution < -0.4 is 10.1 Å². The average molecular weight is 371 g/mol. The molecule has 1 fully saturated rings. The van der Waals surface area contributed by atoms with Crippen molar-refractivity contribution in [3.8, 4) is 5.75 Å². The van der Waals surface area contributed by atoms with Crippen LogP contribution in [0.3, 0.4) is 0 Å². The number of nitrogens with one attached hydrogen (secondary N) is 1. The molecule has 0 aliphatic carbocycles. The second-order valence-corrected chi connectivity index (χ2v) is 7.47. The van der Waals surface area contributed by atoms with Crippen LogP contribution in [-0.4, -0.2) is 30.0 Å². The molecule has 26 heavy (non-hydrogen) atoms. The molecule has 2 aromatic rings. The van der Waals surface area contributed by atoms with Gasteiger partial charge in [-0.25, -0.2) is 0 Å². The number of amides is 1. The molecule has 136 valence electrons. The lowest BCUT2D eigenvalue weighted by molar-refractivity contribution is -0.127. The van der Waals surface area contributed by atoms with Crippen LogP contribution >= 0.6 is 11.6 Å². The predicted molar refractivity (Wildman–Crippen MR) is 102 cm³/mol. The second kappa shape index (κ2) is 7.68. The van der Waals surface area contributed by atoms with Gasteiger partial charge in [0.25, 0.3) is 5.91 Å². The molecule has 4 nitrogen and oxygen atoms in total. The quantitative estimate of drug-likeness (QED) is 0.875. The first-order valence-corrected chi connectivity index (χ1v) is 9.59. The van der Waals surface area contributed by atoms with Gasteiger partial charge in [-0.3, -0.25) is 9.69 Å². The third kappa shape index (κ3) is 3.87. The van der Waals surface area contributed by atoms with Gasteiger partial charge in [-0.1, -0.05) is 35.9 Å². The predicted octanol–water partition coefficient (Wildman–Crippen LogP) is 3.56. The Balaban J connectivity index is 1.36. The molecule has 2 aromatic carbocycles. The summed E-state index contributed by atoms with van der Waals surface area (Å²) in [6, 6.07) is 13.8. The van der Waals surface area contributed by atoms with Crippen molar-refractivity contribution in [2.75, 3.05) is 13.1 Å². The zero-order chi connectivity index (χ0) is 17.9. The van der Waals surface area contributed by atoms with E-state index in [-0.39, 0.29) is 5.91 Å². The van der Waals surface area contributed by atoms with E-state index in [1.165, 1.54) is 24.0 Å². The van der Waals surface area contributed by atoms with Gasteiger partial charge in [0.1, 0.15) is 5.75 Å². The molecule has 2 aliphatic rings. The number of hydrogen-bond donors (Lipinski definition) is 1. The van der Waals surface area contributed by atoms with Gasteiger partial charge >= 0.3 is 0 Å². The number of fused-ring (bicyclic) bond motifs is 1. The fourth-order valence-corrected chi connectivity index (χ4v) is 3.92. The summed E-state index contributed by atoms with van der Waals surface area (Å²) < 4.78 is 5.77. The van der Waals surface area contributed by atoms with Gasteiger partial charge in [0.05, 0.1) is 0 Å². The molecule has 0 unspecified atom stereocenters. The van der Waals surface area contributed by atoms with Gasteiger partial charge in [0.2, 0.25) is 0 Å². The van der Waals surface area contributed by atoms with Gasteiger partial charge in [-0.05, 0) is 60.8 Å². The number of likely N-dealkylation sites (tertiary alicyclic amines) is 1. The fourth-order valence-electron chi connectivity index (χ4n) is 3.73. The Morgan fingerprint density at radius 3 is 2.73 bits per heavy atom. The smallest absolute Gasteiger partial charge is 0.261 e. The van der Waals surface area contributed by atoms with E-state index in [2.05, 4.69) is 28.4 Å². The first-order valence-electron chi connectivity index (χ1n) is 9.21. The number of carbonyl (C=O) groups is 1. The Labute approximate surface area is 159 Å². The average Bonchev–Trinajstić information content (AvgIpc) is 3.30. The van der Waals surface area contributed by atoms with Crippen molar-refractivity contribution in [2.45, 2.75) is 38.5 Å². The molecule has 4 rings (SSSR count). The molecule has 1 saturated heterocycles. The Kier molecular flexibility index (Phi) is 5.14. The molecule has 2 aliphatic heterocycles. The normalized spacial score (nSPS) is 19.2. The minimum atomic E-state index is -0.478. The summed E-state index contributed by atoms with van der Waals surface area (Å²) in [5.41, 5.74) is 3.45. The van der Waals surface area contributed by atoms with Gasteiger partial charge < -0.3 is 10.1 Å². The molecule has 1 N–H and O–H groups in total. The van der Waals surface area contributed by atoms with E-state index in [9.17, 15) is 4.79 Å². The topological polar surface area (TPSA) is 41.6 Å². The van der Waals surface area contributed by atoms with Gasteiger partial charge in [0.15, 0.2) is 6.10 Å². The van der Waals surface area contributed by atoms with Gasteiger partial charge in [0, 0.05) is 24.5 Å². The van der Waals surface area contributed by atoms with Crippen molar-refractivity contribution in [3.05, 3.63) is 64.2 Å². The van der Waals surface area contributed by atoms with Crippen molar-refractivity contribution in [2.24, 2.45) is 0 Å². The Morgan fingerprint density at radius 1 is 1.15 bits per heavy atom. The molecule has 0 bridgehead atoms. The number of ether oxygens (including phenoxy) is 1. The van der Waals surface area contributed by atoms with Crippen LogP contribution in [-0.2, 0) is 24.3 Å². The SMILES string of the molecule is O=C(NCc1ccccc1CN1CCCC1)[C@H]1Cc2cc(Cl)ccc2O1. The monoisotopic (exact) mass is 370 g/mol. The second-order valence-electron chi connectivity index (χ2n) is 7.03. The summed E-state index contributed by atoms with van der Waals surface area (Å²) in [6.07, 6.45) is 2.65. The highest BCUT2D eigenvalue weighted by atomic mass is 35.5. The summed E-state index contributed by atoms with van der Waals surface area (Å²) in [6.45, 7) is 3.81. The van der Waals surface area contributed by atoms with E-state index < -0.39 is 6.10 Å². The zero-order valence-electron chi connectivity index (χ0n) is 14.7. The highest BCUT2D eigenvalue weighted by molar-refractivity contribution is 6.30. The van der Waals surface area contributed by atoms with Gasteiger partial charge in [-0.2, -0.15) is 0 Å². The molecule has 0 radical (unpaired) electrons. The lowest BCUT2D eigenvalue weighted by Crippen LogP contribution is -2.37. The summed E-state index contributed by atoms with van der Waals surface area (Å²) >= 11 is 6.02. The minimum Gasteiger partial charge on any atom is -0.480 e. The number of hydrogen-bond acceptors (Lipinski definition) is 3. The lowest BCUT2D eigenvalue weighted by Gasteiger charge is -2.18. The molecule has 0 saturated carbocycles. The number of nitrogens with zero attached hydrogens (tertiary/aromatic N) is 1. The minimum absolute atomic E-state index is 0.0756. The molecule has 0 aromatic heterocycles. The van der Waals surface area contributed by atoms with Gasteiger partial charge in [-0.15, -0.1) is 0 Å². The summed E-state index contributed by atoms with van der Waals surface area (Å²) in [7, 11) is 0. The van der Waals surface area contributed by atoms with Crippen LogP contribution in [0.15, 0.2) is 42.5 Å². The fraction of sp³-hybridized carbons (Fsp3) is 0.381. The van der Waals surface area contributed by atoms with E-state index in [0.29, 0.717) is 18.0 Å². The zero-order valence-corrected chi connectivity index (χ0v) is 15.5. The van der Waals surface area contributed by atoms with E-state index in [1.54, 1.807) is 6.07 Å². The van der Waals surface area contributed by atoms with Crippen LogP contribution in [0.2, 0.25) is 5.02 Å². The molecule has 1 amide bonds. The highest BCUT2D eigenvalue weighted by Gasteiger charge is 2.29. The Hall–Kier alpha value is -2.04. The summed E-state index contributed by atoms with van der Waals surface area (Å²) in [4.78, 5) is 15.0. The summed E-state index contributed by atoms with van der Waals surface area (Å²) in [5.74, 6) is 0.678. The maximum absolute atomic E-state index is 12.5. The van der Waals surface area contributed by atoms with E-state index in [0.717, 1.165) is 30.9 Å². The highest BCUT2D eigenvalue weighted by Crippen LogP contribution is 2.31. The first kappa shape index (κ1) is 17.4. The van der Waals surface area contributed by atoms with Crippen molar-refractivity contribution in [3.63, 3.8) is 0 Å². The number of rotatable bonds is 5.